The molecule has 170 valence electrons. The minimum atomic E-state index is 0.169. The molecule has 0 heterocycles. The van der Waals surface area contributed by atoms with E-state index in [1.807, 2.05) is 0 Å². The number of ether oxygens (including phenoxy) is 1. The van der Waals surface area contributed by atoms with Crippen molar-refractivity contribution >= 4 is 0 Å². The lowest BCUT2D eigenvalue weighted by Gasteiger charge is -2.05. The fraction of sp³-hybridized carbons (Fsp3) is 0.769. The van der Waals surface area contributed by atoms with Crippen LogP contribution < -0.4 is 0 Å². The number of unbranched alkanes of at least 4 members (excludes halogenated alkanes) is 14. The highest BCUT2D eigenvalue weighted by molar-refractivity contribution is 5.28. The van der Waals surface area contributed by atoms with Crippen LogP contribution >= 0.6 is 0 Å². The monoisotopic (exact) mass is 408 g/mol. The van der Waals surface area contributed by atoms with Gasteiger partial charge in [-0.15, -0.1) is 0 Å². The molecule has 1 rings (SSSR count). The Labute approximate surface area is 180 Å². The van der Waals surface area contributed by atoms with E-state index >= 15 is 0 Å². The molecule has 0 atom stereocenters. The third-order valence-electron chi connectivity index (χ3n) is 5.13. The Bertz CT molecular complexity index is 377. The van der Waals surface area contributed by atoms with Crippen LogP contribution in [0.5, 0.6) is 11.5 Å². The van der Waals surface area contributed by atoms with Crippen molar-refractivity contribution in [3.63, 3.8) is 0 Å². The minimum absolute atomic E-state index is 0.169. The van der Waals surface area contributed by atoms with Gasteiger partial charge in [-0.1, -0.05) is 104 Å². The van der Waals surface area contributed by atoms with Gasteiger partial charge in [-0.3, -0.25) is 0 Å². The van der Waals surface area contributed by atoms with Crippen molar-refractivity contribution in [2.24, 2.45) is 0 Å². The number of rotatable bonds is 18. The Morgan fingerprint density at radius 1 is 0.483 bits per heavy atom. The van der Waals surface area contributed by atoms with Crippen LogP contribution in [0.2, 0.25) is 0 Å². The highest BCUT2D eigenvalue weighted by Gasteiger charge is 1.94. The van der Waals surface area contributed by atoms with E-state index in [1.165, 1.54) is 127 Å². The Kier molecular flexibility index (Phi) is 22.1. The summed E-state index contributed by atoms with van der Waals surface area (Å²) < 4.78 is 5.72. The highest BCUT2D eigenvalue weighted by atomic mass is 16.5. The van der Waals surface area contributed by atoms with Crippen molar-refractivity contribution in [2.75, 3.05) is 13.2 Å². The van der Waals surface area contributed by atoms with Crippen LogP contribution in [0, 0.1) is 0 Å². The lowest BCUT2D eigenvalue weighted by atomic mass is 10.1. The molecule has 1 aromatic carbocycles. The predicted molar refractivity (Wildman–Crippen MR) is 126 cm³/mol. The maximum absolute atomic E-state index is 8.65. The summed E-state index contributed by atoms with van der Waals surface area (Å²) in [5, 5.41) is 17.3. The van der Waals surface area contributed by atoms with E-state index in [9.17, 15) is 0 Å². The van der Waals surface area contributed by atoms with Crippen LogP contribution in [0.1, 0.15) is 117 Å². The quantitative estimate of drug-likeness (QED) is 0.189. The summed E-state index contributed by atoms with van der Waals surface area (Å²) in [7, 11) is 0. The van der Waals surface area contributed by atoms with Gasteiger partial charge in [0.25, 0.3) is 0 Å². The maximum atomic E-state index is 8.65. The fourth-order valence-electron chi connectivity index (χ4n) is 3.23. The van der Waals surface area contributed by atoms with E-state index in [0.29, 0.717) is 0 Å². The standard InChI is InChI=1S/C20H42O.C6H6O2/c1-3-5-7-9-11-13-15-17-19-21-20-18-16-14-12-10-8-6-4-2;7-5-1-2-6(8)4-3-5/h3-20H2,1-2H3;1-4,7-8H. The van der Waals surface area contributed by atoms with Crippen LogP contribution in [0.25, 0.3) is 0 Å². The zero-order valence-corrected chi connectivity index (χ0v) is 19.3. The van der Waals surface area contributed by atoms with Crippen molar-refractivity contribution in [3.8, 4) is 11.5 Å². The first kappa shape index (κ1) is 27.8. The van der Waals surface area contributed by atoms with Crippen molar-refractivity contribution < 1.29 is 14.9 Å². The topological polar surface area (TPSA) is 49.7 Å². The second-order valence-corrected chi connectivity index (χ2v) is 8.08. The lowest BCUT2D eigenvalue weighted by molar-refractivity contribution is 0.125. The minimum Gasteiger partial charge on any atom is -0.508 e. The van der Waals surface area contributed by atoms with Crippen molar-refractivity contribution in [3.05, 3.63) is 24.3 Å². The molecule has 0 aliphatic carbocycles. The third kappa shape index (κ3) is 22.9. The predicted octanol–water partition coefficient (Wildman–Crippen LogP) is 8.38. The number of aromatic hydroxyl groups is 2. The first-order valence-corrected chi connectivity index (χ1v) is 12.3. The zero-order chi connectivity index (χ0) is 21.4. The molecular weight excluding hydrogens is 360 g/mol. The number of phenols is 2. The molecule has 1 aromatic rings. The molecule has 2 N–H and O–H groups in total. The van der Waals surface area contributed by atoms with E-state index in [1.54, 1.807) is 0 Å². The SMILES string of the molecule is CCCCCCCCCCOCCCCCCCCCC.Oc1ccc(O)cc1. The van der Waals surface area contributed by atoms with Crippen molar-refractivity contribution in [1.29, 1.82) is 0 Å². The first-order chi connectivity index (χ1) is 14.2. The Hall–Kier alpha value is -1.22. The first-order valence-electron chi connectivity index (χ1n) is 12.3. The van der Waals surface area contributed by atoms with Crippen LogP contribution in [0.4, 0.5) is 0 Å². The molecule has 3 nitrogen and oxygen atoms in total. The van der Waals surface area contributed by atoms with Gasteiger partial charge in [0.1, 0.15) is 11.5 Å². The molecule has 0 bridgehead atoms. The smallest absolute Gasteiger partial charge is 0.115 e. The summed E-state index contributed by atoms with van der Waals surface area (Å²) in [6.45, 7) is 6.55. The van der Waals surface area contributed by atoms with E-state index in [2.05, 4.69) is 13.8 Å². The number of hydrogen-bond acceptors (Lipinski definition) is 3. The average molecular weight is 409 g/mol. The Morgan fingerprint density at radius 2 is 0.759 bits per heavy atom. The van der Waals surface area contributed by atoms with Crippen molar-refractivity contribution in [2.45, 2.75) is 117 Å². The lowest BCUT2D eigenvalue weighted by Crippen LogP contribution is -1.97. The summed E-state index contributed by atoms with van der Waals surface area (Å²) in [5.74, 6) is 0.339. The number of benzene rings is 1. The second kappa shape index (κ2) is 23.1. The molecule has 29 heavy (non-hydrogen) atoms. The van der Waals surface area contributed by atoms with E-state index in [0.717, 1.165) is 13.2 Å². The highest BCUT2D eigenvalue weighted by Crippen LogP contribution is 2.13. The van der Waals surface area contributed by atoms with Gasteiger partial charge in [-0.05, 0) is 37.1 Å². The van der Waals surface area contributed by atoms with Gasteiger partial charge in [-0.2, -0.15) is 0 Å². The molecule has 0 saturated carbocycles. The summed E-state index contributed by atoms with van der Waals surface area (Å²) in [6.07, 6.45) is 22.2. The molecule has 0 spiro atoms. The van der Waals surface area contributed by atoms with Crippen LogP contribution in [-0.4, -0.2) is 23.4 Å². The molecule has 0 unspecified atom stereocenters. The van der Waals surface area contributed by atoms with E-state index < -0.39 is 0 Å². The fourth-order valence-corrected chi connectivity index (χ4v) is 3.23. The summed E-state index contributed by atoms with van der Waals surface area (Å²) in [4.78, 5) is 0. The Morgan fingerprint density at radius 3 is 1.07 bits per heavy atom. The Balaban J connectivity index is 0.000000807. The van der Waals surface area contributed by atoms with Crippen LogP contribution in [0.3, 0.4) is 0 Å². The van der Waals surface area contributed by atoms with Gasteiger partial charge >= 0.3 is 0 Å². The van der Waals surface area contributed by atoms with Gasteiger partial charge in [-0.25, -0.2) is 0 Å². The zero-order valence-electron chi connectivity index (χ0n) is 19.3. The summed E-state index contributed by atoms with van der Waals surface area (Å²) >= 11 is 0. The van der Waals surface area contributed by atoms with Crippen LogP contribution in [0.15, 0.2) is 24.3 Å². The van der Waals surface area contributed by atoms with Crippen molar-refractivity contribution in [1.82, 2.24) is 0 Å². The molecular formula is C26H48O3. The third-order valence-corrected chi connectivity index (χ3v) is 5.13. The molecule has 0 aliphatic rings. The summed E-state index contributed by atoms with van der Waals surface area (Å²) in [5.41, 5.74) is 0. The molecule has 0 saturated heterocycles. The molecule has 0 fully saturated rings. The average Bonchev–Trinajstić information content (AvgIpc) is 2.73. The maximum Gasteiger partial charge on any atom is 0.115 e. The number of hydrogen-bond donors (Lipinski definition) is 2. The molecule has 0 aromatic heterocycles. The summed E-state index contributed by atoms with van der Waals surface area (Å²) in [6, 6.07) is 5.70. The largest absolute Gasteiger partial charge is 0.508 e. The van der Waals surface area contributed by atoms with E-state index in [4.69, 9.17) is 14.9 Å². The molecule has 0 radical (unpaired) electrons. The molecule has 3 heteroatoms. The van der Waals surface area contributed by atoms with Gasteiger partial charge in [0.05, 0.1) is 0 Å². The molecule has 0 amide bonds. The van der Waals surface area contributed by atoms with Gasteiger partial charge in [0, 0.05) is 13.2 Å². The number of phenolic OH excluding ortho intramolecular Hbond substituents is 2. The molecule has 0 aliphatic heterocycles. The van der Waals surface area contributed by atoms with Gasteiger partial charge < -0.3 is 14.9 Å². The van der Waals surface area contributed by atoms with E-state index in [-0.39, 0.29) is 11.5 Å². The van der Waals surface area contributed by atoms with Gasteiger partial charge in [0.15, 0.2) is 0 Å². The second-order valence-electron chi connectivity index (χ2n) is 8.08. The van der Waals surface area contributed by atoms with Gasteiger partial charge in [0.2, 0.25) is 0 Å². The normalized spacial score (nSPS) is 10.6. The van der Waals surface area contributed by atoms with Crippen LogP contribution in [-0.2, 0) is 4.74 Å².